The van der Waals surface area contributed by atoms with Crippen molar-refractivity contribution in [1.82, 2.24) is 0 Å². The third-order valence-corrected chi connectivity index (χ3v) is 3.41. The quantitative estimate of drug-likeness (QED) is 0.784. The Hall–Kier alpha value is -2.41. The Kier molecular flexibility index (Phi) is 5.00. The Balaban J connectivity index is 2.51. The zero-order valence-corrected chi connectivity index (χ0v) is 13.4. The largest absolute Gasteiger partial charge is 0.451 e. The van der Waals surface area contributed by atoms with Crippen molar-refractivity contribution >= 4 is 17.7 Å². The summed E-state index contributed by atoms with van der Waals surface area (Å²) in [7, 11) is 1.39. The first-order valence-corrected chi connectivity index (χ1v) is 7.07. The standard InChI is InChI=1S/C16H19NO6/c1-10(18)21-14-13(12-8-6-5-7-9-12)17-23-15(20-4)16(14,3)22-11(2)19/h5-9,14-15H,1-4H3/t14-,15-,16-/m1/s1. The summed E-state index contributed by atoms with van der Waals surface area (Å²) in [5.74, 6) is -1.08. The average Bonchev–Trinajstić information content (AvgIpc) is 2.49. The number of esters is 2. The Labute approximate surface area is 134 Å². The van der Waals surface area contributed by atoms with Gasteiger partial charge in [-0.2, -0.15) is 0 Å². The molecule has 7 heteroatoms. The van der Waals surface area contributed by atoms with Crippen molar-refractivity contribution in [2.75, 3.05) is 7.11 Å². The maximum absolute atomic E-state index is 11.6. The molecule has 1 aromatic rings. The van der Waals surface area contributed by atoms with E-state index < -0.39 is 29.9 Å². The van der Waals surface area contributed by atoms with E-state index in [1.807, 2.05) is 18.2 Å². The zero-order valence-electron chi connectivity index (χ0n) is 13.4. The van der Waals surface area contributed by atoms with Gasteiger partial charge >= 0.3 is 11.9 Å². The van der Waals surface area contributed by atoms with Gasteiger partial charge in [-0.3, -0.25) is 9.59 Å². The summed E-state index contributed by atoms with van der Waals surface area (Å²) in [6, 6.07) is 9.06. The fourth-order valence-corrected chi connectivity index (χ4v) is 2.49. The number of methoxy groups -OCH3 is 1. The molecule has 0 aromatic heterocycles. The zero-order chi connectivity index (χ0) is 17.0. The van der Waals surface area contributed by atoms with Crippen LogP contribution < -0.4 is 0 Å². The van der Waals surface area contributed by atoms with E-state index >= 15 is 0 Å². The van der Waals surface area contributed by atoms with Crippen LogP contribution in [0.1, 0.15) is 26.3 Å². The fraction of sp³-hybridized carbons (Fsp3) is 0.438. The molecule has 23 heavy (non-hydrogen) atoms. The van der Waals surface area contributed by atoms with E-state index in [1.165, 1.54) is 21.0 Å². The topological polar surface area (TPSA) is 83.4 Å². The van der Waals surface area contributed by atoms with Crippen LogP contribution in [0.3, 0.4) is 0 Å². The van der Waals surface area contributed by atoms with Crippen LogP contribution in [0.5, 0.6) is 0 Å². The minimum atomic E-state index is -1.38. The predicted molar refractivity (Wildman–Crippen MR) is 80.6 cm³/mol. The highest BCUT2D eigenvalue weighted by molar-refractivity contribution is 6.05. The molecule has 124 valence electrons. The van der Waals surface area contributed by atoms with Crippen molar-refractivity contribution in [3.05, 3.63) is 35.9 Å². The Morgan fingerprint density at radius 2 is 1.83 bits per heavy atom. The van der Waals surface area contributed by atoms with E-state index in [2.05, 4.69) is 5.16 Å². The predicted octanol–water partition coefficient (Wildman–Crippen LogP) is 1.65. The Bertz CT molecular complexity index is 614. The first kappa shape index (κ1) is 17.0. The van der Waals surface area contributed by atoms with Crippen LogP contribution in [0, 0.1) is 0 Å². The maximum atomic E-state index is 11.6. The lowest BCUT2D eigenvalue weighted by Crippen LogP contribution is -2.61. The molecule has 7 nitrogen and oxygen atoms in total. The van der Waals surface area contributed by atoms with Gasteiger partial charge in [-0.15, -0.1) is 0 Å². The molecule has 1 aliphatic heterocycles. The van der Waals surface area contributed by atoms with Crippen LogP contribution in [-0.4, -0.2) is 42.8 Å². The molecule has 2 rings (SSSR count). The van der Waals surface area contributed by atoms with Crippen molar-refractivity contribution in [3.63, 3.8) is 0 Å². The summed E-state index contributed by atoms with van der Waals surface area (Å²) >= 11 is 0. The number of rotatable bonds is 4. The Morgan fingerprint density at radius 1 is 1.17 bits per heavy atom. The highest BCUT2D eigenvalue weighted by atomic mass is 16.8. The molecule has 3 atom stereocenters. The lowest BCUT2D eigenvalue weighted by Gasteiger charge is -2.42. The van der Waals surface area contributed by atoms with Gasteiger partial charge in [-0.25, -0.2) is 0 Å². The second-order valence-corrected chi connectivity index (χ2v) is 5.28. The molecule has 0 fully saturated rings. The van der Waals surface area contributed by atoms with Crippen LogP contribution in [-0.2, 0) is 28.6 Å². The van der Waals surface area contributed by atoms with Gasteiger partial charge in [-0.05, 0) is 6.92 Å². The molecular formula is C16H19NO6. The minimum absolute atomic E-state index is 0.345. The molecule has 1 heterocycles. The van der Waals surface area contributed by atoms with Crippen LogP contribution in [0.15, 0.2) is 35.5 Å². The first-order chi connectivity index (χ1) is 10.9. The highest BCUT2D eigenvalue weighted by Gasteiger charge is 2.55. The molecule has 0 bridgehead atoms. The lowest BCUT2D eigenvalue weighted by molar-refractivity contribution is -0.263. The van der Waals surface area contributed by atoms with Crippen molar-refractivity contribution in [2.24, 2.45) is 5.16 Å². The first-order valence-electron chi connectivity index (χ1n) is 7.07. The van der Waals surface area contributed by atoms with E-state index in [4.69, 9.17) is 19.0 Å². The van der Waals surface area contributed by atoms with Crippen LogP contribution in [0.4, 0.5) is 0 Å². The van der Waals surface area contributed by atoms with Crippen molar-refractivity contribution < 1.29 is 28.6 Å². The summed E-state index contributed by atoms with van der Waals surface area (Å²) in [6.45, 7) is 4.11. The van der Waals surface area contributed by atoms with Crippen LogP contribution in [0.25, 0.3) is 0 Å². The number of hydrogen-bond acceptors (Lipinski definition) is 7. The number of carbonyl (C=O) groups is 2. The fourth-order valence-electron chi connectivity index (χ4n) is 2.49. The van der Waals surface area contributed by atoms with E-state index in [-0.39, 0.29) is 0 Å². The Morgan fingerprint density at radius 3 is 2.35 bits per heavy atom. The van der Waals surface area contributed by atoms with E-state index in [1.54, 1.807) is 19.1 Å². The molecule has 0 N–H and O–H groups in total. The number of nitrogens with zero attached hydrogens (tertiary/aromatic N) is 1. The highest BCUT2D eigenvalue weighted by Crippen LogP contribution is 2.33. The molecule has 0 unspecified atom stereocenters. The van der Waals surface area contributed by atoms with Gasteiger partial charge in [0.1, 0.15) is 5.71 Å². The molecule has 0 aliphatic carbocycles. The number of ether oxygens (including phenoxy) is 3. The smallest absolute Gasteiger partial charge is 0.303 e. The van der Waals surface area contributed by atoms with Gasteiger partial charge < -0.3 is 19.0 Å². The van der Waals surface area contributed by atoms with Crippen molar-refractivity contribution in [1.29, 1.82) is 0 Å². The lowest BCUT2D eigenvalue weighted by atomic mass is 9.89. The SMILES string of the molecule is CO[C@@H]1ON=C(c2ccccc2)[C@@H](OC(C)=O)[C@@]1(C)OC(C)=O. The summed E-state index contributed by atoms with van der Waals surface area (Å²) in [6.07, 6.45) is -1.98. The van der Waals surface area contributed by atoms with E-state index in [9.17, 15) is 9.59 Å². The van der Waals surface area contributed by atoms with Crippen LogP contribution in [0.2, 0.25) is 0 Å². The molecular weight excluding hydrogens is 302 g/mol. The molecule has 0 amide bonds. The van der Waals surface area contributed by atoms with Crippen molar-refractivity contribution in [2.45, 2.75) is 38.8 Å². The molecule has 0 spiro atoms. The summed E-state index contributed by atoms with van der Waals surface area (Å²) < 4.78 is 16.0. The number of benzene rings is 1. The second kappa shape index (κ2) is 6.78. The van der Waals surface area contributed by atoms with Crippen LogP contribution >= 0.6 is 0 Å². The second-order valence-electron chi connectivity index (χ2n) is 5.28. The average molecular weight is 321 g/mol. The van der Waals surface area contributed by atoms with Gasteiger partial charge in [0.25, 0.3) is 6.29 Å². The number of oxime groups is 1. The molecule has 0 saturated heterocycles. The van der Waals surface area contributed by atoms with Gasteiger partial charge in [-0.1, -0.05) is 35.5 Å². The number of hydrogen-bond donors (Lipinski definition) is 0. The van der Waals surface area contributed by atoms with Crippen molar-refractivity contribution in [3.8, 4) is 0 Å². The monoisotopic (exact) mass is 321 g/mol. The molecule has 0 saturated carbocycles. The summed E-state index contributed by atoms with van der Waals surface area (Å²) in [4.78, 5) is 28.4. The summed E-state index contributed by atoms with van der Waals surface area (Å²) in [5, 5.41) is 4.01. The van der Waals surface area contributed by atoms with Gasteiger partial charge in [0, 0.05) is 26.5 Å². The third kappa shape index (κ3) is 3.50. The molecule has 0 radical (unpaired) electrons. The summed E-state index contributed by atoms with van der Waals surface area (Å²) in [5.41, 5.74) is -0.344. The third-order valence-electron chi connectivity index (χ3n) is 3.41. The normalized spacial score (nSPS) is 26.7. The molecule has 1 aromatic carbocycles. The minimum Gasteiger partial charge on any atom is -0.451 e. The van der Waals surface area contributed by atoms with E-state index in [0.29, 0.717) is 11.3 Å². The van der Waals surface area contributed by atoms with Gasteiger partial charge in [0.2, 0.25) is 5.60 Å². The maximum Gasteiger partial charge on any atom is 0.303 e. The van der Waals surface area contributed by atoms with E-state index in [0.717, 1.165) is 0 Å². The van der Waals surface area contributed by atoms with Gasteiger partial charge in [0.15, 0.2) is 6.10 Å². The van der Waals surface area contributed by atoms with Gasteiger partial charge in [0.05, 0.1) is 0 Å². The molecule has 1 aliphatic rings. The number of carbonyl (C=O) groups excluding carboxylic acids is 2.